The predicted octanol–water partition coefficient (Wildman–Crippen LogP) is -1.35. The summed E-state index contributed by atoms with van der Waals surface area (Å²) in [6, 6.07) is 0. The molecule has 18 nitrogen and oxygen atoms in total. The topological polar surface area (TPSA) is 193 Å². The normalized spacial score (nSPS) is 47.1. The van der Waals surface area contributed by atoms with Gasteiger partial charge in [0.15, 0.2) is 6.29 Å². The molecule has 9 heterocycles. The summed E-state index contributed by atoms with van der Waals surface area (Å²) < 4.78 is 111. The highest BCUT2D eigenvalue weighted by Gasteiger charge is 2.61. The molecule has 18 heteroatoms. The van der Waals surface area contributed by atoms with Crippen LogP contribution in [-0.4, -0.2) is 223 Å². The Balaban J connectivity index is 0.956. The Hall–Kier alpha value is -0.720. The second-order valence-corrected chi connectivity index (χ2v) is 16.4. The van der Waals surface area contributed by atoms with Gasteiger partial charge in [0, 0.05) is 5.92 Å². The molecular weight excluding hydrogens is 732 g/mol. The molecule has 17 atom stereocenters. The van der Waals surface area contributed by atoms with Crippen molar-refractivity contribution in [1.82, 2.24) is 0 Å². The van der Waals surface area contributed by atoms with Crippen molar-refractivity contribution in [2.24, 2.45) is 5.92 Å². The van der Waals surface area contributed by atoms with E-state index in [-0.39, 0.29) is 68.0 Å². The number of rotatable bonds is 29. The molecule has 312 valence electrons. The second kappa shape index (κ2) is 17.5. The third kappa shape index (κ3) is 11.3. The zero-order valence-corrected chi connectivity index (χ0v) is 31.2. The van der Waals surface area contributed by atoms with Crippen LogP contribution in [0.1, 0.15) is 6.42 Å². The molecule has 9 saturated heterocycles. The van der Waals surface area contributed by atoms with Gasteiger partial charge in [0.05, 0.1) is 132 Å². The number of hydrogen-bond acceptors (Lipinski definition) is 18. The molecule has 55 heavy (non-hydrogen) atoms. The molecule has 10 fully saturated rings. The Morgan fingerprint density at radius 2 is 0.818 bits per heavy atom. The van der Waals surface area contributed by atoms with E-state index >= 15 is 0 Å². The SMILES string of the molecule is C(OC[C@H]1C[C@@](COCC2CO2)(O[C@H]2O[C@H](COCC3CO3)[C@@H](OCC3CO3)[C@H](OCC3CO3)[C@H]2OCC2CO2)[C@@H](OCC2CO2)[C@@H]1OCC1CO1)C1CO1. The van der Waals surface area contributed by atoms with Crippen molar-refractivity contribution in [3.05, 3.63) is 0 Å². The molecule has 0 aromatic carbocycles. The zero-order chi connectivity index (χ0) is 36.6. The van der Waals surface area contributed by atoms with Gasteiger partial charge in [-0.2, -0.15) is 0 Å². The zero-order valence-electron chi connectivity index (χ0n) is 31.2. The van der Waals surface area contributed by atoms with Gasteiger partial charge in [-0.25, -0.2) is 0 Å². The maximum Gasteiger partial charge on any atom is 0.187 e. The van der Waals surface area contributed by atoms with E-state index < -0.39 is 48.5 Å². The van der Waals surface area contributed by atoms with E-state index in [0.29, 0.717) is 119 Å². The summed E-state index contributed by atoms with van der Waals surface area (Å²) in [4.78, 5) is 0. The summed E-state index contributed by atoms with van der Waals surface area (Å²) in [5, 5.41) is 0. The lowest BCUT2D eigenvalue weighted by molar-refractivity contribution is -0.357. The van der Waals surface area contributed by atoms with Gasteiger partial charge in [0.2, 0.25) is 0 Å². The van der Waals surface area contributed by atoms with Crippen LogP contribution in [0.2, 0.25) is 0 Å². The van der Waals surface area contributed by atoms with Gasteiger partial charge >= 0.3 is 0 Å². The average Bonchev–Trinajstić information content (AvgIpc) is 3.99. The molecule has 0 aromatic heterocycles. The summed E-state index contributed by atoms with van der Waals surface area (Å²) in [7, 11) is 0. The minimum atomic E-state index is -1.07. The van der Waals surface area contributed by atoms with Crippen LogP contribution in [0.3, 0.4) is 0 Å². The van der Waals surface area contributed by atoms with E-state index in [0.717, 1.165) is 0 Å². The Bertz CT molecular complexity index is 1220. The fraction of sp³-hybridized carbons (Fsp3) is 1.00. The van der Waals surface area contributed by atoms with Crippen molar-refractivity contribution in [2.75, 3.05) is 126 Å². The molecule has 10 rings (SSSR count). The minimum absolute atomic E-state index is 0.000511. The Labute approximate surface area is 320 Å². The van der Waals surface area contributed by atoms with Crippen LogP contribution < -0.4 is 0 Å². The first kappa shape index (κ1) is 38.5. The van der Waals surface area contributed by atoms with E-state index in [9.17, 15) is 0 Å². The van der Waals surface area contributed by atoms with Crippen LogP contribution in [0.5, 0.6) is 0 Å². The van der Waals surface area contributed by atoms with Gasteiger partial charge in [-0.3, -0.25) is 0 Å². The quantitative estimate of drug-likeness (QED) is 0.0808. The number of epoxide rings is 8. The lowest BCUT2D eigenvalue weighted by Crippen LogP contribution is -2.65. The molecule has 0 N–H and O–H groups in total. The Morgan fingerprint density at radius 1 is 0.400 bits per heavy atom. The van der Waals surface area contributed by atoms with Gasteiger partial charge in [-0.05, 0) is 6.42 Å². The molecule has 1 aliphatic carbocycles. The van der Waals surface area contributed by atoms with Gasteiger partial charge in [-0.15, -0.1) is 0 Å². The van der Waals surface area contributed by atoms with Crippen molar-refractivity contribution >= 4 is 0 Å². The predicted molar refractivity (Wildman–Crippen MR) is 180 cm³/mol. The molecule has 9 aliphatic heterocycles. The largest absolute Gasteiger partial charge is 0.378 e. The maximum atomic E-state index is 7.42. The molecule has 0 bridgehead atoms. The highest BCUT2D eigenvalue weighted by molar-refractivity contribution is 5.08. The average molecular weight is 789 g/mol. The van der Waals surface area contributed by atoms with Crippen LogP contribution >= 0.6 is 0 Å². The molecular formula is C37H56O18. The summed E-state index contributed by atoms with van der Waals surface area (Å²) in [6.07, 6.45) is -3.64. The monoisotopic (exact) mass is 788 g/mol. The van der Waals surface area contributed by atoms with Gasteiger partial charge < -0.3 is 85.3 Å². The number of hydrogen-bond donors (Lipinski definition) is 0. The van der Waals surface area contributed by atoms with Gasteiger partial charge in [0.25, 0.3) is 0 Å². The van der Waals surface area contributed by atoms with E-state index in [4.69, 9.17) is 85.3 Å². The van der Waals surface area contributed by atoms with E-state index in [1.807, 2.05) is 0 Å². The lowest BCUT2D eigenvalue weighted by Gasteiger charge is -2.48. The van der Waals surface area contributed by atoms with E-state index in [1.54, 1.807) is 0 Å². The smallest absolute Gasteiger partial charge is 0.187 e. The van der Waals surface area contributed by atoms with E-state index in [2.05, 4.69) is 0 Å². The highest BCUT2D eigenvalue weighted by Crippen LogP contribution is 2.46. The first-order valence-electron chi connectivity index (χ1n) is 20.2. The lowest BCUT2D eigenvalue weighted by atomic mass is 9.95. The summed E-state index contributed by atoms with van der Waals surface area (Å²) in [6.45, 7) is 9.36. The van der Waals surface area contributed by atoms with Crippen molar-refractivity contribution < 1.29 is 85.3 Å². The fourth-order valence-electron chi connectivity index (χ4n) is 7.47. The standard InChI is InChI=1S/C37H56O18/c1-21(2-38-3-22-6-41-22)31(49-14-25-9-44-25)35(53-18-29-13-48-29)37(1,20-40-5-24-8-43-24)55-36-34(52-17-28-12-47-28)33(51-16-27-11-46-27)32(50-15-26-10-45-26)30(54-36)19-39-4-23-7-42-23/h21-36H,1-20H2/t21-,22?,23?,24?,25?,26?,27?,28?,29?,30-,31-,32-,33+,34-,35+,36-,37+/m1/s1. The third-order valence-corrected chi connectivity index (χ3v) is 11.3. The van der Waals surface area contributed by atoms with Crippen LogP contribution in [0.25, 0.3) is 0 Å². The first-order valence-corrected chi connectivity index (χ1v) is 20.2. The van der Waals surface area contributed by atoms with E-state index in [1.165, 1.54) is 0 Å². The minimum Gasteiger partial charge on any atom is -0.378 e. The number of ether oxygens (including phenoxy) is 18. The molecule has 0 aromatic rings. The van der Waals surface area contributed by atoms with Gasteiger partial charge in [0.1, 0.15) is 85.0 Å². The van der Waals surface area contributed by atoms with Crippen LogP contribution in [0, 0.1) is 5.92 Å². The van der Waals surface area contributed by atoms with Crippen LogP contribution in [0.15, 0.2) is 0 Å². The third-order valence-electron chi connectivity index (χ3n) is 11.3. The fourth-order valence-corrected chi connectivity index (χ4v) is 7.47. The summed E-state index contributed by atoms with van der Waals surface area (Å²) in [5.74, 6) is -0.113. The Morgan fingerprint density at radius 3 is 1.35 bits per heavy atom. The molecule has 8 unspecified atom stereocenters. The molecule has 10 aliphatic rings. The Kier molecular flexibility index (Phi) is 12.2. The van der Waals surface area contributed by atoms with Crippen molar-refractivity contribution in [3.8, 4) is 0 Å². The molecule has 0 spiro atoms. The van der Waals surface area contributed by atoms with Gasteiger partial charge in [-0.1, -0.05) is 0 Å². The molecule has 0 radical (unpaired) electrons. The maximum absolute atomic E-state index is 7.42. The summed E-state index contributed by atoms with van der Waals surface area (Å²) >= 11 is 0. The van der Waals surface area contributed by atoms with Crippen molar-refractivity contribution in [3.63, 3.8) is 0 Å². The van der Waals surface area contributed by atoms with Crippen LogP contribution in [0.4, 0.5) is 0 Å². The van der Waals surface area contributed by atoms with Crippen molar-refractivity contribution in [2.45, 2.75) is 104 Å². The van der Waals surface area contributed by atoms with Crippen LogP contribution in [-0.2, 0) is 85.3 Å². The molecule has 1 saturated carbocycles. The summed E-state index contributed by atoms with van der Waals surface area (Å²) in [5.41, 5.74) is -1.07. The van der Waals surface area contributed by atoms with Crippen molar-refractivity contribution in [1.29, 1.82) is 0 Å². The first-order chi connectivity index (χ1) is 27.1. The highest BCUT2D eigenvalue weighted by atomic mass is 16.8. The molecule has 0 amide bonds. The second-order valence-electron chi connectivity index (χ2n) is 16.4.